The Morgan fingerprint density at radius 1 is 1.19 bits per heavy atom. The molecule has 1 amide bonds. The van der Waals surface area contributed by atoms with E-state index in [1.807, 2.05) is 51.1 Å². The lowest BCUT2D eigenvalue weighted by Crippen LogP contribution is -2.50. The van der Waals surface area contributed by atoms with E-state index in [-0.39, 0.29) is 6.54 Å². The Hall–Kier alpha value is -2.12. The predicted molar refractivity (Wildman–Crippen MR) is 117 cm³/mol. The zero-order valence-corrected chi connectivity index (χ0v) is 18.9. The van der Waals surface area contributed by atoms with Gasteiger partial charge in [-0.3, -0.25) is 9.63 Å². The number of nitrogens with zero attached hydrogens (tertiary/aromatic N) is 1. The fourth-order valence-corrected chi connectivity index (χ4v) is 4.59. The number of alkyl carbamates (subject to hydrolysis) is 1. The van der Waals surface area contributed by atoms with E-state index in [1.165, 1.54) is 19.3 Å². The second-order valence-corrected chi connectivity index (χ2v) is 9.82. The minimum atomic E-state index is -0.903. The zero-order chi connectivity index (χ0) is 22.4. The lowest BCUT2D eigenvalue weighted by molar-refractivity contribution is -0.166. The SMILES string of the molecule is CC(C)(C)OC(=O)N[C@@H](CC1CCCCC1)C1ON(Cc2ccccc2)CC1C(=O)O. The molecule has 1 saturated heterocycles. The maximum atomic E-state index is 12.6. The van der Waals surface area contributed by atoms with Crippen LogP contribution < -0.4 is 5.32 Å². The van der Waals surface area contributed by atoms with E-state index in [4.69, 9.17) is 9.57 Å². The van der Waals surface area contributed by atoms with Gasteiger partial charge >= 0.3 is 12.1 Å². The Kier molecular flexibility index (Phi) is 7.94. The highest BCUT2D eigenvalue weighted by Crippen LogP contribution is 2.33. The van der Waals surface area contributed by atoms with Crippen molar-refractivity contribution >= 4 is 12.1 Å². The van der Waals surface area contributed by atoms with Crippen molar-refractivity contribution < 1.29 is 24.3 Å². The number of carbonyl (C=O) groups excluding carboxylic acids is 1. The first kappa shape index (κ1) is 23.5. The molecule has 2 aliphatic rings. The quantitative estimate of drug-likeness (QED) is 0.665. The molecule has 7 heteroatoms. The van der Waals surface area contributed by atoms with Crippen LogP contribution in [0, 0.1) is 11.8 Å². The molecule has 1 aromatic rings. The third kappa shape index (κ3) is 7.21. The third-order valence-electron chi connectivity index (χ3n) is 6.00. The first-order valence-electron chi connectivity index (χ1n) is 11.4. The molecule has 172 valence electrons. The number of rotatable bonds is 7. The van der Waals surface area contributed by atoms with Gasteiger partial charge in [-0.05, 0) is 38.7 Å². The van der Waals surface area contributed by atoms with Crippen LogP contribution in [0.25, 0.3) is 0 Å². The van der Waals surface area contributed by atoms with Gasteiger partial charge in [-0.1, -0.05) is 62.4 Å². The van der Waals surface area contributed by atoms with Crippen molar-refractivity contribution in [3.8, 4) is 0 Å². The van der Waals surface area contributed by atoms with Gasteiger partial charge in [0.2, 0.25) is 0 Å². The Bertz CT molecular complexity index is 727. The number of nitrogens with one attached hydrogen (secondary N) is 1. The first-order valence-corrected chi connectivity index (χ1v) is 11.4. The summed E-state index contributed by atoms with van der Waals surface area (Å²) < 4.78 is 5.47. The summed E-state index contributed by atoms with van der Waals surface area (Å²) in [6.45, 7) is 6.24. The maximum Gasteiger partial charge on any atom is 0.407 e. The molecule has 31 heavy (non-hydrogen) atoms. The lowest BCUT2D eigenvalue weighted by atomic mass is 9.82. The monoisotopic (exact) mass is 432 g/mol. The molecular weight excluding hydrogens is 396 g/mol. The fraction of sp³-hybridized carbons (Fsp3) is 0.667. The average Bonchev–Trinajstić information content (AvgIpc) is 3.12. The van der Waals surface area contributed by atoms with Crippen molar-refractivity contribution in [3.05, 3.63) is 35.9 Å². The second kappa shape index (κ2) is 10.5. The van der Waals surface area contributed by atoms with Crippen molar-refractivity contribution in [3.63, 3.8) is 0 Å². The second-order valence-electron chi connectivity index (χ2n) is 9.82. The van der Waals surface area contributed by atoms with Crippen molar-refractivity contribution in [1.82, 2.24) is 10.4 Å². The molecule has 3 atom stereocenters. The fourth-order valence-electron chi connectivity index (χ4n) is 4.59. The topological polar surface area (TPSA) is 88.1 Å². The number of carboxylic acid groups (broad SMARTS) is 1. The molecule has 0 aromatic heterocycles. The number of aliphatic carboxylic acids is 1. The van der Waals surface area contributed by atoms with Gasteiger partial charge < -0.3 is 15.2 Å². The molecule has 0 radical (unpaired) electrons. The number of benzene rings is 1. The van der Waals surface area contributed by atoms with Crippen molar-refractivity contribution in [2.75, 3.05) is 6.54 Å². The summed E-state index contributed by atoms with van der Waals surface area (Å²) >= 11 is 0. The van der Waals surface area contributed by atoms with Crippen molar-refractivity contribution in [2.45, 2.75) is 83.6 Å². The summed E-state index contributed by atoms with van der Waals surface area (Å²) in [6, 6.07) is 9.42. The molecule has 1 saturated carbocycles. The standard InChI is InChI=1S/C24H36N2O5/c1-24(2,3)30-23(29)25-20(14-17-10-6-4-7-11-17)21-19(22(27)28)16-26(31-21)15-18-12-8-5-9-13-18/h5,8-9,12-13,17,19-21H,4,6-7,10-11,14-16H2,1-3H3,(H,25,29)(H,27,28)/t19?,20-,21?/m0/s1. The van der Waals surface area contributed by atoms with E-state index in [2.05, 4.69) is 5.32 Å². The predicted octanol–water partition coefficient (Wildman–Crippen LogP) is 4.37. The van der Waals surface area contributed by atoms with E-state index in [0.29, 0.717) is 18.9 Å². The normalized spacial score (nSPS) is 24.0. The summed E-state index contributed by atoms with van der Waals surface area (Å²) in [5, 5.41) is 14.6. The Morgan fingerprint density at radius 3 is 2.48 bits per heavy atom. The molecule has 0 bridgehead atoms. The smallest absolute Gasteiger partial charge is 0.407 e. The molecule has 1 heterocycles. The first-order chi connectivity index (χ1) is 14.7. The van der Waals surface area contributed by atoms with Crippen LogP contribution in [0.15, 0.2) is 30.3 Å². The molecular formula is C24H36N2O5. The summed E-state index contributed by atoms with van der Waals surface area (Å²) in [5.74, 6) is -1.16. The number of carboxylic acids is 1. The summed E-state index contributed by atoms with van der Waals surface area (Å²) in [5.41, 5.74) is 0.429. The number of carbonyl (C=O) groups is 2. The number of hydroxylamine groups is 2. The summed E-state index contributed by atoms with van der Waals surface area (Å²) in [7, 11) is 0. The molecule has 0 spiro atoms. The van der Waals surface area contributed by atoms with Crippen molar-refractivity contribution in [1.29, 1.82) is 0 Å². The van der Waals surface area contributed by atoms with E-state index >= 15 is 0 Å². The van der Waals surface area contributed by atoms with E-state index in [1.54, 1.807) is 5.06 Å². The van der Waals surface area contributed by atoms with E-state index in [9.17, 15) is 14.7 Å². The molecule has 7 nitrogen and oxygen atoms in total. The number of ether oxygens (including phenoxy) is 1. The molecule has 3 rings (SSSR count). The molecule has 1 aliphatic carbocycles. The van der Waals surface area contributed by atoms with Gasteiger partial charge in [0, 0.05) is 13.1 Å². The van der Waals surface area contributed by atoms with E-state index < -0.39 is 35.7 Å². The maximum absolute atomic E-state index is 12.6. The average molecular weight is 433 g/mol. The highest BCUT2D eigenvalue weighted by atomic mass is 16.7. The van der Waals surface area contributed by atoms with Crippen LogP contribution in [-0.2, 0) is 20.9 Å². The zero-order valence-electron chi connectivity index (χ0n) is 18.9. The number of hydrogen-bond donors (Lipinski definition) is 2. The van der Waals surface area contributed by atoms with Crippen LogP contribution in [-0.4, -0.2) is 46.5 Å². The van der Waals surface area contributed by atoms with Crippen LogP contribution in [0.3, 0.4) is 0 Å². The van der Waals surface area contributed by atoms with Crippen molar-refractivity contribution in [2.24, 2.45) is 11.8 Å². The Labute approximate surface area is 185 Å². The Morgan fingerprint density at radius 2 is 1.87 bits per heavy atom. The Balaban J connectivity index is 1.74. The van der Waals surface area contributed by atoms with E-state index in [0.717, 1.165) is 18.4 Å². The lowest BCUT2D eigenvalue weighted by Gasteiger charge is -2.32. The molecule has 1 aliphatic heterocycles. The largest absolute Gasteiger partial charge is 0.481 e. The minimum Gasteiger partial charge on any atom is -0.481 e. The molecule has 1 aromatic carbocycles. The minimum absolute atomic E-state index is 0.284. The molecule has 2 N–H and O–H groups in total. The molecule has 2 fully saturated rings. The van der Waals surface area contributed by atoms with Gasteiger partial charge in [-0.25, -0.2) is 4.79 Å². The van der Waals surface area contributed by atoms with Crippen LogP contribution >= 0.6 is 0 Å². The van der Waals surface area contributed by atoms with Gasteiger partial charge in [0.1, 0.15) is 17.6 Å². The third-order valence-corrected chi connectivity index (χ3v) is 6.00. The van der Waals surface area contributed by atoms with Gasteiger partial charge in [0.25, 0.3) is 0 Å². The highest BCUT2D eigenvalue weighted by molar-refractivity contribution is 5.72. The van der Waals surface area contributed by atoms with Crippen LogP contribution in [0.2, 0.25) is 0 Å². The van der Waals surface area contributed by atoms with Gasteiger partial charge in [0.05, 0.1) is 6.04 Å². The van der Waals surface area contributed by atoms with Crippen LogP contribution in [0.1, 0.15) is 64.9 Å². The summed E-state index contributed by atoms with van der Waals surface area (Å²) in [4.78, 5) is 30.8. The summed E-state index contributed by atoms with van der Waals surface area (Å²) in [6.07, 6.45) is 5.35. The number of amides is 1. The molecule has 2 unspecified atom stereocenters. The number of hydrogen-bond acceptors (Lipinski definition) is 5. The van der Waals surface area contributed by atoms with Crippen LogP contribution in [0.5, 0.6) is 0 Å². The van der Waals surface area contributed by atoms with Gasteiger partial charge in [-0.2, -0.15) is 5.06 Å². The van der Waals surface area contributed by atoms with Gasteiger partial charge in [-0.15, -0.1) is 0 Å². The van der Waals surface area contributed by atoms with Gasteiger partial charge in [0.15, 0.2) is 0 Å². The highest BCUT2D eigenvalue weighted by Gasteiger charge is 2.45. The van der Waals surface area contributed by atoms with Crippen LogP contribution in [0.4, 0.5) is 4.79 Å².